The van der Waals surface area contributed by atoms with Crippen LogP contribution < -0.4 is 5.32 Å². The van der Waals surface area contributed by atoms with Gasteiger partial charge >= 0.3 is 0 Å². The molecule has 1 aliphatic carbocycles. The Kier molecular flexibility index (Phi) is 5.94. The van der Waals surface area contributed by atoms with Crippen molar-refractivity contribution in [1.29, 1.82) is 0 Å². The lowest BCUT2D eigenvalue weighted by Gasteiger charge is -2.31. The molecule has 0 radical (unpaired) electrons. The van der Waals surface area contributed by atoms with Gasteiger partial charge in [0.2, 0.25) is 0 Å². The van der Waals surface area contributed by atoms with Gasteiger partial charge in [-0.2, -0.15) is 0 Å². The number of rotatable bonds is 6. The average Bonchev–Trinajstić information content (AvgIpc) is 2.47. The van der Waals surface area contributed by atoms with Gasteiger partial charge in [-0.1, -0.05) is 38.3 Å². The van der Waals surface area contributed by atoms with Crippen molar-refractivity contribution in [3.8, 4) is 0 Å². The molecule has 1 atom stereocenters. The third kappa shape index (κ3) is 4.51. The van der Waals surface area contributed by atoms with E-state index in [1.165, 1.54) is 29.7 Å². The van der Waals surface area contributed by atoms with E-state index in [1.807, 2.05) is 0 Å². The number of aliphatic hydroxyl groups is 1. The van der Waals surface area contributed by atoms with E-state index in [-0.39, 0.29) is 0 Å². The predicted octanol–water partition coefficient (Wildman–Crippen LogP) is 4.14. The maximum atomic E-state index is 10.6. The van der Waals surface area contributed by atoms with Gasteiger partial charge in [0, 0.05) is 16.7 Å². The molecule has 3 heteroatoms. The summed E-state index contributed by atoms with van der Waals surface area (Å²) in [5, 5.41) is 14.0. The van der Waals surface area contributed by atoms with Crippen LogP contribution in [-0.4, -0.2) is 23.0 Å². The molecule has 1 aromatic rings. The SMILES string of the molecule is CCNC(C)c1cccc(SCC2(O)CCCCC2)c1. The Bertz CT molecular complexity index is 415. The van der Waals surface area contributed by atoms with Crippen molar-refractivity contribution >= 4 is 11.8 Å². The minimum Gasteiger partial charge on any atom is -0.389 e. The molecule has 2 rings (SSSR count). The van der Waals surface area contributed by atoms with Crippen molar-refractivity contribution in [2.24, 2.45) is 0 Å². The van der Waals surface area contributed by atoms with Crippen LogP contribution in [0.15, 0.2) is 29.2 Å². The fraction of sp³-hybridized carbons (Fsp3) is 0.647. The van der Waals surface area contributed by atoms with E-state index in [2.05, 4.69) is 43.4 Å². The van der Waals surface area contributed by atoms with Crippen LogP contribution in [0.5, 0.6) is 0 Å². The molecule has 2 nitrogen and oxygen atoms in total. The summed E-state index contributed by atoms with van der Waals surface area (Å²) in [6.45, 7) is 5.31. The number of thioether (sulfide) groups is 1. The molecule has 20 heavy (non-hydrogen) atoms. The molecular weight excluding hydrogens is 266 g/mol. The summed E-state index contributed by atoms with van der Waals surface area (Å²) in [5.41, 5.74) is 0.888. The molecule has 1 fully saturated rings. The Labute approximate surface area is 127 Å². The highest BCUT2D eigenvalue weighted by atomic mass is 32.2. The van der Waals surface area contributed by atoms with Crippen molar-refractivity contribution < 1.29 is 5.11 Å². The highest BCUT2D eigenvalue weighted by Gasteiger charge is 2.29. The van der Waals surface area contributed by atoms with Crippen molar-refractivity contribution in [2.45, 2.75) is 62.5 Å². The van der Waals surface area contributed by atoms with Crippen LogP contribution >= 0.6 is 11.8 Å². The first-order chi connectivity index (χ1) is 9.63. The summed E-state index contributed by atoms with van der Waals surface area (Å²) in [6.07, 6.45) is 5.56. The molecule has 0 saturated heterocycles. The van der Waals surface area contributed by atoms with Crippen LogP contribution in [0.4, 0.5) is 0 Å². The van der Waals surface area contributed by atoms with Crippen LogP contribution in [0.25, 0.3) is 0 Å². The molecule has 112 valence electrons. The Balaban J connectivity index is 1.94. The van der Waals surface area contributed by atoms with Gasteiger partial charge in [-0.05, 0) is 44.0 Å². The second-order valence-corrected chi connectivity index (χ2v) is 6.97. The van der Waals surface area contributed by atoms with Crippen molar-refractivity contribution in [3.63, 3.8) is 0 Å². The average molecular weight is 293 g/mol. The van der Waals surface area contributed by atoms with Gasteiger partial charge in [0.05, 0.1) is 5.60 Å². The maximum absolute atomic E-state index is 10.6. The van der Waals surface area contributed by atoms with E-state index < -0.39 is 5.60 Å². The van der Waals surface area contributed by atoms with Crippen molar-refractivity contribution in [3.05, 3.63) is 29.8 Å². The van der Waals surface area contributed by atoms with Crippen LogP contribution in [0.1, 0.15) is 57.6 Å². The van der Waals surface area contributed by atoms with Crippen molar-refractivity contribution in [1.82, 2.24) is 5.32 Å². The van der Waals surface area contributed by atoms with Crippen LogP contribution in [0.2, 0.25) is 0 Å². The normalized spacial score (nSPS) is 19.8. The topological polar surface area (TPSA) is 32.3 Å². The van der Waals surface area contributed by atoms with E-state index in [0.717, 1.165) is 25.1 Å². The molecular formula is C17H27NOS. The van der Waals surface area contributed by atoms with Gasteiger partial charge in [-0.25, -0.2) is 0 Å². The summed E-state index contributed by atoms with van der Waals surface area (Å²) in [5.74, 6) is 0.825. The lowest BCUT2D eigenvalue weighted by molar-refractivity contribution is 0.0273. The van der Waals surface area contributed by atoms with E-state index in [0.29, 0.717) is 6.04 Å². The third-order valence-corrected chi connectivity index (χ3v) is 5.43. The highest BCUT2D eigenvalue weighted by Crippen LogP contribution is 2.34. The zero-order valence-corrected chi connectivity index (χ0v) is 13.5. The third-order valence-electron chi connectivity index (χ3n) is 4.16. The molecule has 1 saturated carbocycles. The smallest absolute Gasteiger partial charge is 0.0741 e. The fourth-order valence-electron chi connectivity index (χ4n) is 2.87. The number of benzene rings is 1. The second kappa shape index (κ2) is 7.48. The standard InChI is InChI=1S/C17H27NOS/c1-3-18-14(2)15-8-7-9-16(12-15)20-13-17(19)10-5-4-6-11-17/h7-9,12,14,18-19H,3-6,10-11,13H2,1-2H3. The molecule has 0 heterocycles. The van der Waals surface area contributed by atoms with E-state index >= 15 is 0 Å². The molecule has 0 bridgehead atoms. The minimum absolute atomic E-state index is 0.387. The molecule has 0 aliphatic heterocycles. The molecule has 1 aromatic carbocycles. The van der Waals surface area contributed by atoms with Crippen molar-refractivity contribution in [2.75, 3.05) is 12.3 Å². The van der Waals surface area contributed by atoms with Crippen LogP contribution in [0, 0.1) is 0 Å². The zero-order chi connectivity index (χ0) is 14.4. The van der Waals surface area contributed by atoms with Crippen LogP contribution in [0.3, 0.4) is 0 Å². The monoisotopic (exact) mass is 293 g/mol. The number of hydrogen-bond donors (Lipinski definition) is 2. The predicted molar refractivity (Wildman–Crippen MR) is 87.3 cm³/mol. The summed E-state index contributed by atoms with van der Waals surface area (Å²) in [7, 11) is 0. The Hall–Kier alpha value is -0.510. The molecule has 1 aliphatic rings. The van der Waals surface area contributed by atoms with E-state index in [1.54, 1.807) is 11.8 Å². The molecule has 0 amide bonds. The Morgan fingerprint density at radius 1 is 1.30 bits per heavy atom. The van der Waals surface area contributed by atoms with E-state index in [4.69, 9.17) is 0 Å². The summed E-state index contributed by atoms with van der Waals surface area (Å²) < 4.78 is 0. The number of hydrogen-bond acceptors (Lipinski definition) is 3. The Morgan fingerprint density at radius 3 is 2.75 bits per heavy atom. The van der Waals surface area contributed by atoms with E-state index in [9.17, 15) is 5.11 Å². The molecule has 1 unspecified atom stereocenters. The first kappa shape index (κ1) is 15.9. The molecule has 0 aromatic heterocycles. The summed E-state index contributed by atoms with van der Waals surface area (Å²) in [6, 6.07) is 9.09. The highest BCUT2D eigenvalue weighted by molar-refractivity contribution is 7.99. The first-order valence-corrected chi connectivity index (χ1v) is 8.80. The minimum atomic E-state index is -0.438. The fourth-order valence-corrected chi connectivity index (χ4v) is 3.99. The van der Waals surface area contributed by atoms with Crippen LogP contribution in [-0.2, 0) is 0 Å². The lowest BCUT2D eigenvalue weighted by Crippen LogP contribution is -2.33. The van der Waals surface area contributed by atoms with Gasteiger partial charge in [0.1, 0.15) is 0 Å². The lowest BCUT2D eigenvalue weighted by atomic mass is 9.86. The molecule has 0 spiro atoms. The quantitative estimate of drug-likeness (QED) is 0.773. The van der Waals surface area contributed by atoms with Gasteiger partial charge in [-0.3, -0.25) is 0 Å². The molecule has 2 N–H and O–H groups in total. The van der Waals surface area contributed by atoms with Gasteiger partial charge in [0.15, 0.2) is 0 Å². The maximum Gasteiger partial charge on any atom is 0.0741 e. The first-order valence-electron chi connectivity index (χ1n) is 7.81. The van der Waals surface area contributed by atoms with Gasteiger partial charge < -0.3 is 10.4 Å². The van der Waals surface area contributed by atoms with Gasteiger partial charge in [0.25, 0.3) is 0 Å². The van der Waals surface area contributed by atoms with Gasteiger partial charge in [-0.15, -0.1) is 11.8 Å². The second-order valence-electron chi connectivity index (χ2n) is 5.93. The Morgan fingerprint density at radius 2 is 2.05 bits per heavy atom. The number of nitrogens with one attached hydrogen (secondary N) is 1. The zero-order valence-electron chi connectivity index (χ0n) is 12.7. The summed E-state index contributed by atoms with van der Waals surface area (Å²) in [4.78, 5) is 1.27. The largest absolute Gasteiger partial charge is 0.389 e. The summed E-state index contributed by atoms with van der Waals surface area (Å²) >= 11 is 1.80.